The zero-order chi connectivity index (χ0) is 21.5. The number of nitrogens with one attached hydrogen (secondary N) is 1. The van der Waals surface area contributed by atoms with Gasteiger partial charge in [-0.2, -0.15) is 0 Å². The summed E-state index contributed by atoms with van der Waals surface area (Å²) in [6, 6.07) is 19.7. The van der Waals surface area contributed by atoms with Crippen LogP contribution in [0.3, 0.4) is 0 Å². The Bertz CT molecular complexity index is 1450. The van der Waals surface area contributed by atoms with Crippen molar-refractivity contribution in [3.8, 4) is 0 Å². The summed E-state index contributed by atoms with van der Waals surface area (Å²) in [6.07, 6.45) is 0. The highest BCUT2D eigenvalue weighted by molar-refractivity contribution is 7.99. The highest BCUT2D eigenvalue weighted by atomic mass is 35.5. The summed E-state index contributed by atoms with van der Waals surface area (Å²) in [5.74, 6) is 0.0720. The van der Waals surface area contributed by atoms with E-state index in [9.17, 15) is 4.79 Å². The van der Waals surface area contributed by atoms with Crippen LogP contribution in [0.15, 0.2) is 65.8 Å². The fourth-order valence-corrected chi connectivity index (χ4v) is 4.97. The van der Waals surface area contributed by atoms with Crippen molar-refractivity contribution < 1.29 is 4.79 Å². The monoisotopic (exact) mass is 446 g/mol. The maximum absolute atomic E-state index is 12.7. The lowest BCUT2D eigenvalue weighted by Crippen LogP contribution is -2.16. The summed E-state index contributed by atoms with van der Waals surface area (Å²) >= 11 is 7.73. The van der Waals surface area contributed by atoms with Crippen molar-refractivity contribution >= 4 is 62.5 Å². The number of rotatable bonds is 4. The molecule has 0 saturated heterocycles. The van der Waals surface area contributed by atoms with E-state index < -0.39 is 0 Å². The zero-order valence-corrected chi connectivity index (χ0v) is 18.6. The van der Waals surface area contributed by atoms with Gasteiger partial charge in [-0.15, -0.1) is 0 Å². The summed E-state index contributed by atoms with van der Waals surface area (Å²) in [6.45, 7) is 3.92. The largest absolute Gasteiger partial charge is 0.324 e. The molecule has 0 aliphatic carbocycles. The van der Waals surface area contributed by atoms with Gasteiger partial charge in [0, 0.05) is 5.39 Å². The third-order valence-corrected chi connectivity index (χ3v) is 6.38. The molecule has 2 heterocycles. The van der Waals surface area contributed by atoms with Crippen LogP contribution in [0.25, 0.3) is 27.6 Å². The summed E-state index contributed by atoms with van der Waals surface area (Å²) < 4.78 is 2.03. The van der Waals surface area contributed by atoms with Crippen molar-refractivity contribution in [2.45, 2.75) is 19.0 Å². The van der Waals surface area contributed by atoms with Gasteiger partial charge < -0.3 is 5.32 Å². The molecule has 0 radical (unpaired) electrons. The van der Waals surface area contributed by atoms with E-state index in [0.29, 0.717) is 10.7 Å². The molecule has 154 valence electrons. The molecule has 0 fully saturated rings. The van der Waals surface area contributed by atoms with Crippen LogP contribution in [-0.2, 0) is 4.79 Å². The SMILES string of the molecule is Cc1cc(C)c(NC(=O)CSc2nc3ccccc3c3nc4ccccc4n23)c(Cl)c1. The van der Waals surface area contributed by atoms with Gasteiger partial charge >= 0.3 is 0 Å². The molecule has 31 heavy (non-hydrogen) atoms. The van der Waals surface area contributed by atoms with Crippen molar-refractivity contribution in [3.05, 3.63) is 76.8 Å². The maximum atomic E-state index is 12.7. The van der Waals surface area contributed by atoms with E-state index in [1.165, 1.54) is 11.8 Å². The second-order valence-electron chi connectivity index (χ2n) is 7.45. The fourth-order valence-electron chi connectivity index (χ4n) is 3.79. The molecule has 0 unspecified atom stereocenters. The smallest absolute Gasteiger partial charge is 0.234 e. The van der Waals surface area contributed by atoms with Crippen molar-refractivity contribution in [2.24, 2.45) is 0 Å². The topological polar surface area (TPSA) is 59.3 Å². The molecule has 1 N–H and O–H groups in total. The van der Waals surface area contributed by atoms with Gasteiger partial charge in [-0.25, -0.2) is 9.97 Å². The van der Waals surface area contributed by atoms with Crippen LogP contribution < -0.4 is 5.32 Å². The van der Waals surface area contributed by atoms with Gasteiger partial charge in [-0.05, 0) is 55.3 Å². The molecule has 2 aromatic heterocycles. The first kappa shape index (κ1) is 19.8. The van der Waals surface area contributed by atoms with Gasteiger partial charge in [0.15, 0.2) is 5.16 Å². The number of hydrogen-bond acceptors (Lipinski definition) is 4. The molecule has 0 spiro atoms. The van der Waals surface area contributed by atoms with Gasteiger partial charge in [-0.3, -0.25) is 9.20 Å². The lowest BCUT2D eigenvalue weighted by atomic mass is 10.1. The highest BCUT2D eigenvalue weighted by Crippen LogP contribution is 2.30. The first-order valence-electron chi connectivity index (χ1n) is 9.86. The van der Waals surface area contributed by atoms with Crippen LogP contribution in [-0.4, -0.2) is 26.0 Å². The number of amides is 1. The molecular formula is C24H19ClN4OS. The average Bonchev–Trinajstić information content (AvgIpc) is 3.15. The van der Waals surface area contributed by atoms with Crippen LogP contribution >= 0.6 is 23.4 Å². The Morgan fingerprint density at radius 1 is 1.03 bits per heavy atom. The van der Waals surface area contributed by atoms with E-state index in [1.807, 2.05) is 78.9 Å². The van der Waals surface area contributed by atoms with Crippen molar-refractivity contribution in [2.75, 3.05) is 11.1 Å². The normalized spacial score (nSPS) is 11.5. The number of nitrogens with zero attached hydrogens (tertiary/aromatic N) is 3. The van der Waals surface area contributed by atoms with Gasteiger partial charge in [-0.1, -0.05) is 53.7 Å². The van der Waals surface area contributed by atoms with Gasteiger partial charge in [0.2, 0.25) is 5.91 Å². The Hall–Kier alpha value is -3.09. The Balaban J connectivity index is 1.51. The third-order valence-electron chi connectivity index (χ3n) is 5.14. The molecule has 7 heteroatoms. The summed E-state index contributed by atoms with van der Waals surface area (Å²) in [4.78, 5) is 22.4. The number of carbonyl (C=O) groups is 1. The minimum absolute atomic E-state index is 0.133. The first-order valence-corrected chi connectivity index (χ1v) is 11.2. The maximum Gasteiger partial charge on any atom is 0.234 e. The highest BCUT2D eigenvalue weighted by Gasteiger charge is 2.16. The van der Waals surface area contributed by atoms with Crippen LogP contribution in [0.2, 0.25) is 5.02 Å². The number of imidazole rings is 1. The predicted molar refractivity (Wildman–Crippen MR) is 128 cm³/mol. The number of anilines is 1. The molecule has 5 aromatic rings. The number of thioether (sulfide) groups is 1. The van der Waals surface area contributed by atoms with Crippen molar-refractivity contribution in [3.63, 3.8) is 0 Å². The number of para-hydroxylation sites is 3. The Labute approximate surface area is 188 Å². The molecule has 0 aliphatic rings. The number of benzene rings is 3. The van der Waals surface area contributed by atoms with E-state index in [0.717, 1.165) is 43.9 Å². The molecule has 0 bridgehead atoms. The number of fused-ring (bicyclic) bond motifs is 5. The molecule has 5 rings (SSSR count). The molecule has 3 aromatic carbocycles. The summed E-state index contributed by atoms with van der Waals surface area (Å²) in [7, 11) is 0. The third kappa shape index (κ3) is 3.62. The molecular weight excluding hydrogens is 428 g/mol. The van der Waals surface area contributed by atoms with E-state index in [1.54, 1.807) is 0 Å². The number of halogens is 1. The van der Waals surface area contributed by atoms with Crippen LogP contribution in [0.5, 0.6) is 0 Å². The van der Waals surface area contributed by atoms with Gasteiger partial charge in [0.25, 0.3) is 0 Å². The Morgan fingerprint density at radius 2 is 1.77 bits per heavy atom. The van der Waals surface area contributed by atoms with Gasteiger partial charge in [0.05, 0.1) is 33.0 Å². The number of carbonyl (C=O) groups excluding carboxylic acids is 1. The Morgan fingerprint density at radius 3 is 2.58 bits per heavy atom. The minimum atomic E-state index is -0.133. The van der Waals surface area contributed by atoms with Crippen molar-refractivity contribution in [1.29, 1.82) is 0 Å². The lowest BCUT2D eigenvalue weighted by Gasteiger charge is -2.12. The predicted octanol–water partition coefficient (Wildman–Crippen LogP) is 6.04. The van der Waals surface area contributed by atoms with Crippen LogP contribution in [0, 0.1) is 13.8 Å². The molecule has 1 amide bonds. The van der Waals surface area contributed by atoms with E-state index >= 15 is 0 Å². The molecule has 0 saturated carbocycles. The second kappa shape index (κ2) is 7.87. The average molecular weight is 447 g/mol. The summed E-state index contributed by atoms with van der Waals surface area (Å²) in [5, 5.41) is 5.20. The van der Waals surface area contributed by atoms with Crippen molar-refractivity contribution in [1.82, 2.24) is 14.4 Å². The summed E-state index contributed by atoms with van der Waals surface area (Å²) in [5.41, 5.74) is 6.21. The first-order chi connectivity index (χ1) is 15.0. The minimum Gasteiger partial charge on any atom is -0.324 e. The molecule has 0 aliphatic heterocycles. The molecule has 0 atom stereocenters. The van der Waals surface area contributed by atoms with E-state index in [2.05, 4.69) is 5.32 Å². The van der Waals surface area contributed by atoms with Crippen LogP contribution in [0.4, 0.5) is 5.69 Å². The lowest BCUT2D eigenvalue weighted by molar-refractivity contribution is -0.113. The van der Waals surface area contributed by atoms with E-state index in [-0.39, 0.29) is 11.7 Å². The molecule has 5 nitrogen and oxygen atoms in total. The van der Waals surface area contributed by atoms with Gasteiger partial charge in [0.1, 0.15) is 5.65 Å². The van der Waals surface area contributed by atoms with E-state index in [4.69, 9.17) is 21.6 Å². The fraction of sp³-hybridized carbons (Fsp3) is 0.125. The second-order valence-corrected chi connectivity index (χ2v) is 8.80. The quantitative estimate of drug-likeness (QED) is 0.270. The van der Waals surface area contributed by atoms with Crippen LogP contribution in [0.1, 0.15) is 11.1 Å². The number of hydrogen-bond donors (Lipinski definition) is 1. The number of aromatic nitrogens is 3. The Kier molecular flexibility index (Phi) is 5.04. The standard InChI is InChI=1S/C24H19ClN4OS/c1-14-11-15(2)22(17(25)12-14)28-21(30)13-31-24-27-18-8-4-3-7-16(18)23-26-19-9-5-6-10-20(19)29(23)24/h3-12H,13H2,1-2H3,(H,28,30). The zero-order valence-electron chi connectivity index (χ0n) is 17.0. The number of aryl methyl sites for hydroxylation is 2.